The number of rotatable bonds is 5. The molecule has 2 rings (SSSR count). The zero-order valence-corrected chi connectivity index (χ0v) is 11.1. The minimum absolute atomic E-state index is 0.0553. The fraction of sp³-hybridized carbons (Fsp3) is 0.400. The first-order valence-electron chi connectivity index (χ1n) is 6.54. The molecule has 1 heterocycles. The van der Waals surface area contributed by atoms with Gasteiger partial charge in [0.15, 0.2) is 0 Å². The summed E-state index contributed by atoms with van der Waals surface area (Å²) in [5.74, 6) is 0.960. The van der Waals surface area contributed by atoms with Gasteiger partial charge in [-0.2, -0.15) is 0 Å². The Kier molecular flexibility index (Phi) is 4.15. The quantitative estimate of drug-likeness (QED) is 0.878. The number of hydrogen-bond donors (Lipinski definition) is 1. The summed E-state index contributed by atoms with van der Waals surface area (Å²) in [5.41, 5.74) is 1.90. The Balaban J connectivity index is 2.52. The lowest BCUT2D eigenvalue weighted by Crippen LogP contribution is -2.24. The van der Waals surface area contributed by atoms with Gasteiger partial charge in [0.25, 0.3) is 0 Å². The summed E-state index contributed by atoms with van der Waals surface area (Å²) in [5, 5.41) is 10.5. The van der Waals surface area contributed by atoms with Crippen molar-refractivity contribution in [2.24, 2.45) is 0 Å². The van der Waals surface area contributed by atoms with Crippen LogP contribution >= 0.6 is 0 Å². The average Bonchev–Trinajstić information content (AvgIpc) is 2.43. The van der Waals surface area contributed by atoms with Crippen LogP contribution in [0.1, 0.15) is 25.8 Å². The number of anilines is 1. The lowest BCUT2D eigenvalue weighted by Gasteiger charge is -2.22. The molecule has 0 aliphatic rings. The zero-order chi connectivity index (χ0) is 13.0. The molecule has 0 amide bonds. The number of aliphatic hydroxyl groups is 1. The summed E-state index contributed by atoms with van der Waals surface area (Å²) in [6.07, 6.45) is 1.09. The predicted molar refractivity (Wildman–Crippen MR) is 75.8 cm³/mol. The summed E-state index contributed by atoms with van der Waals surface area (Å²) in [6, 6.07) is 9.97. The van der Waals surface area contributed by atoms with E-state index in [0.29, 0.717) is 0 Å². The van der Waals surface area contributed by atoms with Crippen LogP contribution in [0.2, 0.25) is 0 Å². The molecule has 96 valence electrons. The molecule has 0 unspecified atom stereocenters. The van der Waals surface area contributed by atoms with Crippen LogP contribution in [-0.4, -0.2) is 23.2 Å². The Morgan fingerprint density at radius 2 is 2.00 bits per heavy atom. The van der Waals surface area contributed by atoms with Crippen molar-refractivity contribution in [2.75, 3.05) is 18.0 Å². The van der Waals surface area contributed by atoms with Gasteiger partial charge in [0.05, 0.1) is 12.1 Å². The van der Waals surface area contributed by atoms with E-state index in [1.807, 2.05) is 30.3 Å². The van der Waals surface area contributed by atoms with Crippen molar-refractivity contribution in [1.82, 2.24) is 4.98 Å². The van der Waals surface area contributed by atoms with E-state index >= 15 is 0 Å². The first-order valence-corrected chi connectivity index (χ1v) is 6.54. The molecule has 3 nitrogen and oxygen atoms in total. The third-order valence-electron chi connectivity index (χ3n) is 3.16. The summed E-state index contributed by atoms with van der Waals surface area (Å²) in [4.78, 5) is 6.93. The van der Waals surface area contributed by atoms with Gasteiger partial charge >= 0.3 is 0 Å². The van der Waals surface area contributed by atoms with Crippen LogP contribution in [0.25, 0.3) is 10.9 Å². The van der Waals surface area contributed by atoms with Crippen LogP contribution in [0.3, 0.4) is 0 Å². The Bertz CT molecular complexity index is 525. The van der Waals surface area contributed by atoms with Gasteiger partial charge in [-0.25, -0.2) is 4.98 Å². The molecule has 0 atom stereocenters. The van der Waals surface area contributed by atoms with Crippen LogP contribution in [0.15, 0.2) is 30.3 Å². The van der Waals surface area contributed by atoms with Gasteiger partial charge < -0.3 is 10.0 Å². The highest BCUT2D eigenvalue weighted by atomic mass is 16.3. The summed E-state index contributed by atoms with van der Waals surface area (Å²) in [7, 11) is 0. The van der Waals surface area contributed by atoms with E-state index in [4.69, 9.17) is 0 Å². The molecule has 18 heavy (non-hydrogen) atoms. The van der Waals surface area contributed by atoms with Gasteiger partial charge in [0.2, 0.25) is 0 Å². The second kappa shape index (κ2) is 5.83. The first-order chi connectivity index (χ1) is 8.80. The third-order valence-corrected chi connectivity index (χ3v) is 3.16. The first kappa shape index (κ1) is 12.8. The van der Waals surface area contributed by atoms with E-state index in [0.717, 1.165) is 41.8 Å². The predicted octanol–water partition coefficient (Wildman–Crippen LogP) is 2.96. The van der Waals surface area contributed by atoms with Crippen molar-refractivity contribution in [3.05, 3.63) is 35.9 Å². The van der Waals surface area contributed by atoms with Crippen LogP contribution in [0.4, 0.5) is 5.82 Å². The Morgan fingerprint density at radius 1 is 1.22 bits per heavy atom. The van der Waals surface area contributed by atoms with Gasteiger partial charge in [0, 0.05) is 18.5 Å². The molecule has 1 aromatic carbocycles. The van der Waals surface area contributed by atoms with E-state index in [-0.39, 0.29) is 6.61 Å². The van der Waals surface area contributed by atoms with Gasteiger partial charge in [-0.05, 0) is 31.0 Å². The number of hydrogen-bond acceptors (Lipinski definition) is 3. The summed E-state index contributed by atoms with van der Waals surface area (Å²) >= 11 is 0. The molecule has 1 aromatic heterocycles. The van der Waals surface area contributed by atoms with Crippen LogP contribution in [0, 0.1) is 0 Å². The fourth-order valence-corrected chi connectivity index (χ4v) is 2.23. The Morgan fingerprint density at radius 3 is 2.67 bits per heavy atom. The lowest BCUT2D eigenvalue weighted by molar-refractivity contribution is 0.283. The molecule has 1 N–H and O–H groups in total. The molecule has 2 aromatic rings. The smallest absolute Gasteiger partial charge is 0.129 e. The number of aromatic nitrogens is 1. The van der Waals surface area contributed by atoms with Crippen molar-refractivity contribution in [2.45, 2.75) is 26.9 Å². The number of para-hydroxylation sites is 1. The average molecular weight is 244 g/mol. The van der Waals surface area contributed by atoms with E-state index in [2.05, 4.69) is 23.7 Å². The molecular formula is C15H20N2O. The number of pyridine rings is 1. The number of benzene rings is 1. The Labute approximate surface area is 108 Å². The van der Waals surface area contributed by atoms with Gasteiger partial charge in [0.1, 0.15) is 5.82 Å². The van der Waals surface area contributed by atoms with Crippen LogP contribution < -0.4 is 4.90 Å². The van der Waals surface area contributed by atoms with Gasteiger partial charge in [-0.1, -0.05) is 25.1 Å². The highest BCUT2D eigenvalue weighted by molar-refractivity contribution is 5.84. The molecule has 0 radical (unpaired) electrons. The van der Waals surface area contributed by atoms with E-state index in [9.17, 15) is 5.11 Å². The lowest BCUT2D eigenvalue weighted by atomic mass is 10.1. The molecule has 0 aliphatic carbocycles. The highest BCUT2D eigenvalue weighted by Gasteiger charge is 2.09. The van der Waals surface area contributed by atoms with Crippen LogP contribution in [0.5, 0.6) is 0 Å². The maximum absolute atomic E-state index is 9.50. The van der Waals surface area contributed by atoms with Crippen molar-refractivity contribution >= 4 is 16.7 Å². The molecule has 0 fully saturated rings. The molecular weight excluding hydrogens is 224 g/mol. The third kappa shape index (κ3) is 2.46. The number of aliphatic hydroxyl groups excluding tert-OH is 1. The maximum atomic E-state index is 9.50. The van der Waals surface area contributed by atoms with Crippen molar-refractivity contribution in [3.8, 4) is 0 Å². The fourth-order valence-electron chi connectivity index (χ4n) is 2.23. The van der Waals surface area contributed by atoms with Crippen molar-refractivity contribution < 1.29 is 5.11 Å². The zero-order valence-electron chi connectivity index (χ0n) is 11.1. The monoisotopic (exact) mass is 244 g/mol. The van der Waals surface area contributed by atoms with E-state index in [1.54, 1.807) is 0 Å². The van der Waals surface area contributed by atoms with E-state index < -0.39 is 0 Å². The Hall–Kier alpha value is -1.61. The highest BCUT2D eigenvalue weighted by Crippen LogP contribution is 2.23. The van der Waals surface area contributed by atoms with Gasteiger partial charge in [-0.3, -0.25) is 0 Å². The number of fused-ring (bicyclic) bond motifs is 1. The topological polar surface area (TPSA) is 36.4 Å². The molecule has 0 saturated heterocycles. The minimum Gasteiger partial charge on any atom is -0.392 e. The van der Waals surface area contributed by atoms with Crippen LogP contribution in [-0.2, 0) is 6.61 Å². The second-order valence-corrected chi connectivity index (χ2v) is 4.39. The standard InChI is InChI=1S/C15H20N2O/c1-3-9-17(4-2)15-10-12(11-18)13-7-5-6-8-14(13)16-15/h5-8,10,18H,3-4,9,11H2,1-2H3. The minimum atomic E-state index is 0.0553. The molecule has 0 spiro atoms. The molecule has 0 aliphatic heterocycles. The van der Waals surface area contributed by atoms with Crippen molar-refractivity contribution in [1.29, 1.82) is 0 Å². The SMILES string of the molecule is CCCN(CC)c1cc(CO)c2ccccc2n1. The van der Waals surface area contributed by atoms with Gasteiger partial charge in [-0.15, -0.1) is 0 Å². The molecule has 0 saturated carbocycles. The summed E-state index contributed by atoms with van der Waals surface area (Å²) in [6.45, 7) is 6.28. The summed E-state index contributed by atoms with van der Waals surface area (Å²) < 4.78 is 0. The van der Waals surface area contributed by atoms with Crippen molar-refractivity contribution in [3.63, 3.8) is 0 Å². The molecule has 3 heteroatoms. The maximum Gasteiger partial charge on any atom is 0.129 e. The number of nitrogens with zero attached hydrogens (tertiary/aromatic N) is 2. The normalized spacial score (nSPS) is 10.8. The second-order valence-electron chi connectivity index (χ2n) is 4.39. The largest absolute Gasteiger partial charge is 0.392 e. The van der Waals surface area contributed by atoms with E-state index in [1.165, 1.54) is 0 Å². The molecule has 0 bridgehead atoms.